The molecule has 0 saturated carbocycles. The lowest BCUT2D eigenvalue weighted by Crippen LogP contribution is -2.27. The van der Waals surface area contributed by atoms with Gasteiger partial charge in [0.1, 0.15) is 6.10 Å². The number of benzene rings is 1. The Labute approximate surface area is 95.7 Å². The zero-order chi connectivity index (χ0) is 11.6. The van der Waals surface area contributed by atoms with E-state index in [9.17, 15) is 9.90 Å². The standard InChI is InChI=1S/C9H8Cl2O4/c10-4-1-2-5(6(11)3-4)7(12)8(13)9(14)15/h1-3,7-8,12-13H,(H,14,15)/t7-,8+/m0/s1. The van der Waals surface area contributed by atoms with Crippen molar-refractivity contribution in [2.75, 3.05) is 0 Å². The van der Waals surface area contributed by atoms with Crippen LogP contribution in [0, 0.1) is 0 Å². The molecule has 0 aliphatic carbocycles. The summed E-state index contributed by atoms with van der Waals surface area (Å²) in [4.78, 5) is 10.4. The average Bonchev–Trinajstić information content (AvgIpc) is 2.15. The van der Waals surface area contributed by atoms with Crippen LogP contribution in [0.15, 0.2) is 18.2 Å². The number of aliphatic hydroxyl groups excluding tert-OH is 2. The second-order valence-corrected chi connectivity index (χ2v) is 3.74. The minimum Gasteiger partial charge on any atom is -0.479 e. The molecule has 4 nitrogen and oxygen atoms in total. The molecule has 0 aromatic heterocycles. The number of rotatable bonds is 3. The molecule has 6 heteroatoms. The molecule has 0 amide bonds. The van der Waals surface area contributed by atoms with Gasteiger partial charge in [-0.25, -0.2) is 4.79 Å². The van der Waals surface area contributed by atoms with Gasteiger partial charge in [-0.2, -0.15) is 0 Å². The largest absolute Gasteiger partial charge is 0.479 e. The van der Waals surface area contributed by atoms with Crippen LogP contribution in [-0.4, -0.2) is 27.4 Å². The molecule has 0 unspecified atom stereocenters. The van der Waals surface area contributed by atoms with Crippen molar-refractivity contribution in [3.8, 4) is 0 Å². The van der Waals surface area contributed by atoms with E-state index in [1.165, 1.54) is 18.2 Å². The van der Waals surface area contributed by atoms with Crippen LogP contribution >= 0.6 is 23.2 Å². The van der Waals surface area contributed by atoms with Crippen LogP contribution in [0.2, 0.25) is 10.0 Å². The van der Waals surface area contributed by atoms with E-state index in [2.05, 4.69) is 0 Å². The number of aliphatic carboxylic acids is 1. The Kier molecular flexibility index (Phi) is 3.93. The van der Waals surface area contributed by atoms with E-state index in [1.54, 1.807) is 0 Å². The van der Waals surface area contributed by atoms with Crippen LogP contribution in [0.1, 0.15) is 11.7 Å². The Morgan fingerprint density at radius 3 is 2.33 bits per heavy atom. The van der Waals surface area contributed by atoms with Gasteiger partial charge in [0.15, 0.2) is 6.10 Å². The Balaban J connectivity index is 3.01. The van der Waals surface area contributed by atoms with Gasteiger partial charge in [0.2, 0.25) is 0 Å². The lowest BCUT2D eigenvalue weighted by atomic mass is 10.0. The minimum absolute atomic E-state index is 0.107. The molecule has 0 aliphatic heterocycles. The summed E-state index contributed by atoms with van der Waals surface area (Å²) in [5.41, 5.74) is 0.121. The summed E-state index contributed by atoms with van der Waals surface area (Å²) < 4.78 is 0. The number of carboxylic acids is 1. The molecule has 1 aromatic carbocycles. The molecule has 1 aromatic rings. The fourth-order valence-electron chi connectivity index (χ4n) is 1.05. The van der Waals surface area contributed by atoms with Gasteiger partial charge in [-0.15, -0.1) is 0 Å². The first-order valence-corrected chi connectivity index (χ1v) is 4.73. The molecular weight excluding hydrogens is 243 g/mol. The molecular formula is C9H8Cl2O4. The van der Waals surface area contributed by atoms with Crippen molar-refractivity contribution >= 4 is 29.2 Å². The molecule has 0 fully saturated rings. The van der Waals surface area contributed by atoms with Gasteiger partial charge in [-0.1, -0.05) is 29.3 Å². The second kappa shape index (κ2) is 4.81. The summed E-state index contributed by atoms with van der Waals surface area (Å²) in [6.45, 7) is 0. The van der Waals surface area contributed by atoms with Gasteiger partial charge in [0, 0.05) is 15.6 Å². The third kappa shape index (κ3) is 2.82. The SMILES string of the molecule is O=C(O)[C@H](O)[C@@H](O)c1ccc(Cl)cc1Cl. The van der Waals surface area contributed by atoms with Crippen LogP contribution in [0.3, 0.4) is 0 Å². The van der Waals surface area contributed by atoms with Gasteiger partial charge < -0.3 is 15.3 Å². The van der Waals surface area contributed by atoms with E-state index in [1.807, 2.05) is 0 Å². The van der Waals surface area contributed by atoms with E-state index < -0.39 is 18.2 Å². The van der Waals surface area contributed by atoms with E-state index in [4.69, 9.17) is 33.4 Å². The maximum Gasteiger partial charge on any atom is 0.335 e. The molecule has 0 spiro atoms. The predicted molar refractivity (Wildman–Crippen MR) is 55.1 cm³/mol. The average molecular weight is 251 g/mol. The van der Waals surface area contributed by atoms with Crippen LogP contribution in [0.25, 0.3) is 0 Å². The van der Waals surface area contributed by atoms with Gasteiger partial charge in [-0.05, 0) is 12.1 Å². The fraction of sp³-hybridized carbons (Fsp3) is 0.222. The van der Waals surface area contributed by atoms with Crippen molar-refractivity contribution in [2.24, 2.45) is 0 Å². The highest BCUT2D eigenvalue weighted by atomic mass is 35.5. The lowest BCUT2D eigenvalue weighted by molar-refractivity contribution is -0.153. The summed E-state index contributed by atoms with van der Waals surface area (Å²) in [5, 5.41) is 27.5. The van der Waals surface area contributed by atoms with Gasteiger partial charge in [0.25, 0.3) is 0 Å². The van der Waals surface area contributed by atoms with Gasteiger partial charge in [-0.3, -0.25) is 0 Å². The molecule has 15 heavy (non-hydrogen) atoms. The monoisotopic (exact) mass is 250 g/mol. The number of carbonyl (C=O) groups is 1. The number of hydrogen-bond donors (Lipinski definition) is 3. The Morgan fingerprint density at radius 2 is 1.87 bits per heavy atom. The second-order valence-electron chi connectivity index (χ2n) is 2.89. The molecule has 0 bridgehead atoms. The normalized spacial score (nSPS) is 14.7. The molecule has 0 heterocycles. The van der Waals surface area contributed by atoms with Crippen LogP contribution < -0.4 is 0 Å². The van der Waals surface area contributed by atoms with Crippen molar-refractivity contribution in [3.05, 3.63) is 33.8 Å². The molecule has 82 valence electrons. The smallest absolute Gasteiger partial charge is 0.335 e. The summed E-state index contributed by atoms with van der Waals surface area (Å²) in [7, 11) is 0. The van der Waals surface area contributed by atoms with E-state index in [-0.39, 0.29) is 10.6 Å². The molecule has 0 saturated heterocycles. The lowest BCUT2D eigenvalue weighted by Gasteiger charge is -2.15. The van der Waals surface area contributed by atoms with Gasteiger partial charge >= 0.3 is 5.97 Å². The molecule has 3 N–H and O–H groups in total. The predicted octanol–water partition coefficient (Wildman–Crippen LogP) is 1.47. The van der Waals surface area contributed by atoms with Crippen LogP contribution in [0.5, 0.6) is 0 Å². The van der Waals surface area contributed by atoms with Crippen LogP contribution in [-0.2, 0) is 4.79 Å². The van der Waals surface area contributed by atoms with Crippen molar-refractivity contribution in [1.29, 1.82) is 0 Å². The first-order chi connectivity index (χ1) is 6.93. The highest BCUT2D eigenvalue weighted by Crippen LogP contribution is 2.28. The summed E-state index contributed by atoms with van der Waals surface area (Å²) >= 11 is 11.3. The quantitative estimate of drug-likeness (QED) is 0.760. The Hall–Kier alpha value is -0.810. The zero-order valence-corrected chi connectivity index (χ0v) is 8.90. The third-order valence-corrected chi connectivity index (χ3v) is 2.40. The molecule has 1 rings (SSSR count). The number of halogens is 2. The Bertz CT molecular complexity index is 380. The number of carboxylic acid groups (broad SMARTS) is 1. The highest BCUT2D eigenvalue weighted by Gasteiger charge is 2.26. The van der Waals surface area contributed by atoms with E-state index in [0.29, 0.717) is 5.02 Å². The zero-order valence-electron chi connectivity index (χ0n) is 7.39. The fourth-order valence-corrected chi connectivity index (χ4v) is 1.57. The van der Waals surface area contributed by atoms with Crippen LogP contribution in [0.4, 0.5) is 0 Å². The maximum absolute atomic E-state index is 10.4. The minimum atomic E-state index is -1.91. The number of hydrogen-bond acceptors (Lipinski definition) is 3. The third-order valence-electron chi connectivity index (χ3n) is 1.83. The van der Waals surface area contributed by atoms with Gasteiger partial charge in [0.05, 0.1) is 0 Å². The topological polar surface area (TPSA) is 77.8 Å². The molecule has 0 radical (unpaired) electrons. The highest BCUT2D eigenvalue weighted by molar-refractivity contribution is 6.35. The summed E-state index contributed by atoms with van der Waals surface area (Å²) in [6, 6.07) is 4.16. The van der Waals surface area contributed by atoms with Crippen molar-refractivity contribution in [1.82, 2.24) is 0 Å². The first kappa shape index (κ1) is 12.3. The van der Waals surface area contributed by atoms with Crippen molar-refractivity contribution in [3.63, 3.8) is 0 Å². The van der Waals surface area contributed by atoms with Crippen molar-refractivity contribution in [2.45, 2.75) is 12.2 Å². The summed E-state index contributed by atoms with van der Waals surface area (Å²) in [5.74, 6) is -1.52. The number of aliphatic hydroxyl groups is 2. The molecule has 2 atom stereocenters. The first-order valence-electron chi connectivity index (χ1n) is 3.97. The van der Waals surface area contributed by atoms with E-state index >= 15 is 0 Å². The maximum atomic E-state index is 10.4. The Morgan fingerprint density at radius 1 is 1.27 bits per heavy atom. The summed E-state index contributed by atoms with van der Waals surface area (Å²) in [6.07, 6.45) is -3.49. The van der Waals surface area contributed by atoms with Crippen molar-refractivity contribution < 1.29 is 20.1 Å². The van der Waals surface area contributed by atoms with E-state index in [0.717, 1.165) is 0 Å². The molecule has 0 aliphatic rings.